The van der Waals surface area contributed by atoms with Crippen LogP contribution in [0.5, 0.6) is 0 Å². The molecule has 1 rings (SSSR count). The Labute approximate surface area is 101 Å². The normalized spacial score (nSPS) is 10.6. The maximum absolute atomic E-state index is 11.9. The second kappa shape index (κ2) is 8.19. The van der Waals surface area contributed by atoms with Crippen molar-refractivity contribution in [1.29, 1.82) is 0 Å². The third-order valence-corrected chi connectivity index (χ3v) is 2.22. The van der Waals surface area contributed by atoms with Crippen molar-refractivity contribution in [3.63, 3.8) is 0 Å². The molecule has 0 spiro atoms. The standard InChI is InChI=1S/C7H8BF.C4H11NO3/c8-7-3-1-6(5-9)2-4-7;5-4(1-6,2-7)3-8/h1-4H,5,8H2;6-8H,1-3,5H2. The Morgan fingerprint density at radius 1 is 1.06 bits per heavy atom. The van der Waals surface area contributed by atoms with Gasteiger partial charge in [0.1, 0.15) is 14.5 Å². The molecule has 5 N–H and O–H groups in total. The minimum atomic E-state index is -1.21. The van der Waals surface area contributed by atoms with E-state index >= 15 is 0 Å². The number of nitrogens with two attached hydrogens (primary N) is 1. The average molecular weight is 243 g/mol. The zero-order chi connectivity index (χ0) is 13.3. The Bertz CT molecular complexity index is 296. The maximum atomic E-state index is 11.9. The zero-order valence-corrected chi connectivity index (χ0v) is 9.93. The molecular formula is C11H19BFNO3. The average Bonchev–Trinajstić information content (AvgIpc) is 2.39. The first kappa shape index (κ1) is 16.1. The lowest BCUT2D eigenvalue weighted by Crippen LogP contribution is -2.50. The maximum Gasteiger partial charge on any atom is 0.139 e. The van der Waals surface area contributed by atoms with E-state index in [1.807, 2.05) is 20.0 Å². The molecule has 0 aliphatic heterocycles. The number of alkyl halides is 1. The van der Waals surface area contributed by atoms with Crippen molar-refractivity contribution in [1.82, 2.24) is 0 Å². The molecule has 0 heterocycles. The third-order valence-electron chi connectivity index (χ3n) is 2.22. The molecule has 0 saturated heterocycles. The molecule has 96 valence electrons. The molecule has 4 nitrogen and oxygen atoms in total. The fourth-order valence-electron chi connectivity index (χ4n) is 0.827. The van der Waals surface area contributed by atoms with Crippen LogP contribution in [0.1, 0.15) is 5.56 Å². The number of halogens is 1. The van der Waals surface area contributed by atoms with E-state index in [0.717, 1.165) is 5.56 Å². The summed E-state index contributed by atoms with van der Waals surface area (Å²) in [6.45, 7) is -1.57. The van der Waals surface area contributed by atoms with Crippen LogP contribution in [0.25, 0.3) is 0 Å². The van der Waals surface area contributed by atoms with E-state index in [4.69, 9.17) is 21.1 Å². The lowest BCUT2D eigenvalue weighted by Gasteiger charge is -2.20. The summed E-state index contributed by atoms with van der Waals surface area (Å²) in [6, 6.07) is 7.43. The fourth-order valence-corrected chi connectivity index (χ4v) is 0.827. The Kier molecular flexibility index (Phi) is 7.74. The molecule has 0 atom stereocenters. The highest BCUT2D eigenvalue weighted by molar-refractivity contribution is 6.32. The summed E-state index contributed by atoms with van der Waals surface area (Å²) >= 11 is 0. The summed E-state index contributed by atoms with van der Waals surface area (Å²) in [5.41, 5.74) is 5.86. The van der Waals surface area contributed by atoms with E-state index in [2.05, 4.69) is 0 Å². The summed E-state index contributed by atoms with van der Waals surface area (Å²) in [5, 5.41) is 25.0. The molecule has 0 unspecified atom stereocenters. The molecule has 0 saturated carbocycles. The van der Waals surface area contributed by atoms with Crippen molar-refractivity contribution < 1.29 is 19.7 Å². The topological polar surface area (TPSA) is 86.7 Å². The minimum Gasteiger partial charge on any atom is -0.394 e. The van der Waals surface area contributed by atoms with Crippen LogP contribution in [0.15, 0.2) is 24.3 Å². The van der Waals surface area contributed by atoms with Crippen LogP contribution in [0.3, 0.4) is 0 Å². The number of hydrogen-bond acceptors (Lipinski definition) is 4. The second-order valence-corrected chi connectivity index (χ2v) is 3.96. The summed E-state index contributed by atoms with van der Waals surface area (Å²) in [7, 11) is 1.99. The fraction of sp³-hybridized carbons (Fsp3) is 0.455. The Morgan fingerprint density at radius 3 is 1.71 bits per heavy atom. The van der Waals surface area contributed by atoms with Gasteiger partial charge in [-0.15, -0.1) is 0 Å². The van der Waals surface area contributed by atoms with Gasteiger partial charge in [0.05, 0.1) is 25.4 Å². The van der Waals surface area contributed by atoms with Gasteiger partial charge in [-0.3, -0.25) is 0 Å². The predicted octanol–water partition coefficient (Wildman–Crippen LogP) is -1.92. The van der Waals surface area contributed by atoms with Gasteiger partial charge in [-0.05, 0) is 5.56 Å². The lowest BCUT2D eigenvalue weighted by molar-refractivity contribution is 0.0698. The van der Waals surface area contributed by atoms with Gasteiger partial charge in [0, 0.05) is 0 Å². The molecule has 0 fully saturated rings. The first-order chi connectivity index (χ1) is 8.01. The van der Waals surface area contributed by atoms with E-state index in [1.165, 1.54) is 5.46 Å². The van der Waals surface area contributed by atoms with Gasteiger partial charge in [0.25, 0.3) is 0 Å². The zero-order valence-electron chi connectivity index (χ0n) is 9.93. The van der Waals surface area contributed by atoms with Crippen LogP contribution >= 0.6 is 0 Å². The molecule has 0 radical (unpaired) electrons. The van der Waals surface area contributed by atoms with E-state index in [9.17, 15) is 4.39 Å². The quantitative estimate of drug-likeness (QED) is 0.464. The first-order valence-electron chi connectivity index (χ1n) is 5.24. The molecule has 1 aromatic rings. The van der Waals surface area contributed by atoms with Crippen molar-refractivity contribution >= 4 is 13.3 Å². The number of benzene rings is 1. The van der Waals surface area contributed by atoms with Gasteiger partial charge in [-0.1, -0.05) is 29.7 Å². The van der Waals surface area contributed by atoms with Crippen molar-refractivity contribution in [2.45, 2.75) is 12.2 Å². The van der Waals surface area contributed by atoms with Gasteiger partial charge in [0.2, 0.25) is 0 Å². The highest BCUT2D eigenvalue weighted by Crippen LogP contribution is 1.96. The van der Waals surface area contributed by atoms with E-state index in [0.29, 0.717) is 0 Å². The molecule has 1 aromatic carbocycles. The molecule has 6 heteroatoms. The highest BCUT2D eigenvalue weighted by atomic mass is 19.1. The summed E-state index contributed by atoms with van der Waals surface area (Å²) < 4.78 is 11.9. The van der Waals surface area contributed by atoms with E-state index < -0.39 is 25.4 Å². The molecule has 0 bridgehead atoms. The van der Waals surface area contributed by atoms with E-state index in [1.54, 1.807) is 12.1 Å². The number of aliphatic hydroxyl groups is 3. The van der Waals surface area contributed by atoms with Gasteiger partial charge in [-0.25, -0.2) is 4.39 Å². The largest absolute Gasteiger partial charge is 0.394 e. The van der Waals surface area contributed by atoms with Crippen LogP contribution in [0.2, 0.25) is 0 Å². The molecule has 0 aliphatic carbocycles. The van der Waals surface area contributed by atoms with Crippen molar-refractivity contribution in [2.75, 3.05) is 19.8 Å². The lowest BCUT2D eigenvalue weighted by atomic mass is 9.96. The monoisotopic (exact) mass is 243 g/mol. The number of hydrogen-bond donors (Lipinski definition) is 4. The van der Waals surface area contributed by atoms with Crippen LogP contribution in [-0.2, 0) is 6.67 Å². The molecule has 0 amide bonds. The molecule has 0 aromatic heterocycles. The Balaban J connectivity index is 0.000000304. The van der Waals surface area contributed by atoms with Gasteiger partial charge in [-0.2, -0.15) is 0 Å². The molecular weight excluding hydrogens is 224 g/mol. The highest BCUT2D eigenvalue weighted by Gasteiger charge is 2.20. The van der Waals surface area contributed by atoms with Crippen LogP contribution < -0.4 is 11.2 Å². The molecule has 17 heavy (non-hydrogen) atoms. The van der Waals surface area contributed by atoms with E-state index in [-0.39, 0.29) is 6.67 Å². The SMILES string of the molecule is Bc1ccc(CF)cc1.NC(CO)(CO)CO. The summed E-state index contributed by atoms with van der Waals surface area (Å²) in [6.07, 6.45) is 0. The Hall–Kier alpha value is -0.945. The third kappa shape index (κ3) is 6.38. The van der Waals surface area contributed by atoms with Crippen molar-refractivity contribution in [3.8, 4) is 0 Å². The van der Waals surface area contributed by atoms with Gasteiger partial charge >= 0.3 is 0 Å². The van der Waals surface area contributed by atoms with Gasteiger partial charge < -0.3 is 21.1 Å². The van der Waals surface area contributed by atoms with Crippen molar-refractivity contribution in [2.24, 2.45) is 5.73 Å². The summed E-state index contributed by atoms with van der Waals surface area (Å²) in [5.74, 6) is 0. The minimum absolute atomic E-state index is 0.361. The van der Waals surface area contributed by atoms with Crippen LogP contribution in [0.4, 0.5) is 4.39 Å². The number of rotatable bonds is 4. The smallest absolute Gasteiger partial charge is 0.139 e. The van der Waals surface area contributed by atoms with Crippen LogP contribution in [0, 0.1) is 0 Å². The summed E-state index contributed by atoms with van der Waals surface area (Å²) in [4.78, 5) is 0. The Morgan fingerprint density at radius 2 is 1.47 bits per heavy atom. The molecule has 0 aliphatic rings. The second-order valence-electron chi connectivity index (χ2n) is 3.96. The predicted molar refractivity (Wildman–Crippen MR) is 67.6 cm³/mol. The van der Waals surface area contributed by atoms with Gasteiger partial charge in [0.15, 0.2) is 0 Å². The number of aliphatic hydroxyl groups excluding tert-OH is 3. The van der Waals surface area contributed by atoms with Crippen molar-refractivity contribution in [3.05, 3.63) is 29.8 Å². The van der Waals surface area contributed by atoms with Crippen LogP contribution in [-0.4, -0.2) is 48.5 Å². The first-order valence-corrected chi connectivity index (χ1v) is 5.24.